The van der Waals surface area contributed by atoms with Crippen LogP contribution in [-0.2, 0) is 11.1 Å². The van der Waals surface area contributed by atoms with E-state index in [-0.39, 0.29) is 5.54 Å². The average molecular weight is 271 g/mol. The molecule has 4 bridgehead atoms. The van der Waals surface area contributed by atoms with Gasteiger partial charge < -0.3 is 5.11 Å². The number of nitriles is 1. The first-order chi connectivity index (χ1) is 9.52. The summed E-state index contributed by atoms with van der Waals surface area (Å²) in [5, 5.41) is 24.1. The quantitative estimate of drug-likeness (QED) is 0.841. The maximum absolute atomic E-state index is 10.3. The van der Waals surface area contributed by atoms with E-state index >= 15 is 0 Å². The van der Waals surface area contributed by atoms with E-state index in [1.807, 2.05) is 16.8 Å². The predicted molar refractivity (Wildman–Crippen MR) is 73.6 cm³/mol. The fraction of sp³-hybridized carbons (Fsp3) is 0.750. The molecule has 1 heterocycles. The van der Waals surface area contributed by atoms with Gasteiger partial charge in [0, 0.05) is 6.20 Å². The van der Waals surface area contributed by atoms with Gasteiger partial charge in [-0.2, -0.15) is 10.4 Å². The second-order valence-electron chi connectivity index (χ2n) is 7.45. The molecule has 0 radical (unpaired) electrons. The first-order valence-corrected chi connectivity index (χ1v) is 7.71. The first kappa shape index (κ1) is 12.4. The summed E-state index contributed by atoms with van der Waals surface area (Å²) in [5.41, 5.74) is -0.712. The van der Waals surface area contributed by atoms with Crippen LogP contribution < -0.4 is 0 Å². The molecular formula is C16H21N3O. The van der Waals surface area contributed by atoms with Gasteiger partial charge in [0.2, 0.25) is 0 Å². The highest BCUT2D eigenvalue weighted by Gasteiger charge is 2.53. The number of aromatic nitrogens is 2. The molecule has 1 unspecified atom stereocenters. The Bertz CT molecular complexity index is 546. The van der Waals surface area contributed by atoms with Crippen LogP contribution in [0.1, 0.15) is 51.1 Å². The number of hydrogen-bond acceptors (Lipinski definition) is 3. The van der Waals surface area contributed by atoms with Crippen molar-refractivity contribution in [3.63, 3.8) is 0 Å². The highest BCUT2D eigenvalue weighted by atomic mass is 16.3. The molecule has 1 atom stereocenters. The molecule has 1 N–H and O–H groups in total. The lowest BCUT2D eigenvalue weighted by Gasteiger charge is -2.57. The van der Waals surface area contributed by atoms with Crippen molar-refractivity contribution < 1.29 is 5.11 Å². The maximum atomic E-state index is 10.3. The minimum atomic E-state index is -1.44. The largest absolute Gasteiger partial charge is 0.370 e. The van der Waals surface area contributed by atoms with Crippen LogP contribution in [-0.4, -0.2) is 14.9 Å². The van der Waals surface area contributed by atoms with Crippen molar-refractivity contribution in [3.05, 3.63) is 18.0 Å². The summed E-state index contributed by atoms with van der Waals surface area (Å²) in [6.07, 6.45) is 9.40. The monoisotopic (exact) mass is 271 g/mol. The molecule has 4 heteroatoms. The zero-order valence-electron chi connectivity index (χ0n) is 11.9. The van der Waals surface area contributed by atoms with Gasteiger partial charge in [-0.1, -0.05) is 0 Å². The van der Waals surface area contributed by atoms with Crippen LogP contribution in [0.4, 0.5) is 0 Å². The molecule has 4 aliphatic rings. The molecule has 5 rings (SSSR count). The van der Waals surface area contributed by atoms with E-state index in [0.29, 0.717) is 5.69 Å². The lowest BCUT2D eigenvalue weighted by atomic mass is 9.53. The standard InChI is InChI=1S/C16H21N3O/c1-15(20,10-17)14-2-3-18-19(14)16-7-11-4-12(8-16)6-13(5-11)9-16/h2-3,11-13,20H,4-9H2,1H3. The maximum Gasteiger partial charge on any atom is 0.190 e. The third-order valence-electron chi connectivity index (χ3n) is 5.81. The van der Waals surface area contributed by atoms with Gasteiger partial charge in [0.05, 0.1) is 11.2 Å². The number of hydrogen-bond donors (Lipinski definition) is 1. The van der Waals surface area contributed by atoms with E-state index in [2.05, 4.69) is 5.10 Å². The van der Waals surface area contributed by atoms with E-state index in [4.69, 9.17) is 0 Å². The number of aliphatic hydroxyl groups is 1. The highest BCUT2D eigenvalue weighted by Crippen LogP contribution is 2.59. The van der Waals surface area contributed by atoms with Gasteiger partial charge in [0.15, 0.2) is 5.60 Å². The summed E-state index contributed by atoms with van der Waals surface area (Å²) < 4.78 is 2.01. The number of rotatable bonds is 2. The van der Waals surface area contributed by atoms with Crippen LogP contribution in [0.2, 0.25) is 0 Å². The minimum absolute atomic E-state index is 0.0639. The number of nitrogens with zero attached hydrogens (tertiary/aromatic N) is 3. The van der Waals surface area contributed by atoms with E-state index in [0.717, 1.165) is 17.8 Å². The Morgan fingerprint density at radius 3 is 2.35 bits per heavy atom. The van der Waals surface area contributed by atoms with E-state index in [1.165, 1.54) is 38.5 Å². The van der Waals surface area contributed by atoms with Gasteiger partial charge >= 0.3 is 0 Å². The molecule has 4 aliphatic carbocycles. The Kier molecular flexibility index (Phi) is 2.39. The molecule has 1 aromatic heterocycles. The van der Waals surface area contributed by atoms with Crippen molar-refractivity contribution >= 4 is 0 Å². The van der Waals surface area contributed by atoms with E-state index in [1.54, 1.807) is 13.1 Å². The Balaban J connectivity index is 1.79. The van der Waals surface area contributed by atoms with Crippen LogP contribution in [0.5, 0.6) is 0 Å². The van der Waals surface area contributed by atoms with Crippen molar-refractivity contribution in [1.29, 1.82) is 5.26 Å². The molecule has 106 valence electrons. The lowest BCUT2D eigenvalue weighted by Crippen LogP contribution is -2.53. The topological polar surface area (TPSA) is 61.8 Å². The molecule has 0 amide bonds. The predicted octanol–water partition coefficient (Wildman–Crippen LogP) is 2.54. The smallest absolute Gasteiger partial charge is 0.190 e. The van der Waals surface area contributed by atoms with E-state index in [9.17, 15) is 10.4 Å². The second kappa shape index (κ2) is 3.85. The Morgan fingerprint density at radius 1 is 1.30 bits per heavy atom. The lowest BCUT2D eigenvalue weighted by molar-refractivity contribution is -0.0555. The third-order valence-corrected chi connectivity index (χ3v) is 5.81. The highest BCUT2D eigenvalue weighted by molar-refractivity contribution is 5.22. The van der Waals surface area contributed by atoms with Crippen LogP contribution in [0.3, 0.4) is 0 Å². The molecule has 0 spiro atoms. The summed E-state index contributed by atoms with van der Waals surface area (Å²) in [4.78, 5) is 0. The van der Waals surface area contributed by atoms with Gasteiger partial charge in [-0.05, 0) is 69.3 Å². The van der Waals surface area contributed by atoms with Crippen molar-refractivity contribution in [2.75, 3.05) is 0 Å². The van der Waals surface area contributed by atoms with Gasteiger partial charge in [0.25, 0.3) is 0 Å². The van der Waals surface area contributed by atoms with Crippen LogP contribution in [0.25, 0.3) is 0 Å². The SMILES string of the molecule is CC(O)(C#N)c1ccnn1C12CC3CC(CC(C3)C1)C2. The Hall–Kier alpha value is -1.34. The van der Waals surface area contributed by atoms with Crippen LogP contribution in [0, 0.1) is 29.1 Å². The third kappa shape index (κ3) is 1.59. The van der Waals surface area contributed by atoms with Gasteiger partial charge in [-0.15, -0.1) is 0 Å². The van der Waals surface area contributed by atoms with Gasteiger partial charge in [-0.3, -0.25) is 4.68 Å². The summed E-state index contributed by atoms with van der Waals surface area (Å²) in [6, 6.07) is 3.82. The Morgan fingerprint density at radius 2 is 1.85 bits per heavy atom. The molecule has 0 aromatic carbocycles. The van der Waals surface area contributed by atoms with Crippen molar-refractivity contribution in [2.45, 2.75) is 56.6 Å². The normalized spacial score (nSPS) is 41.4. The molecule has 4 saturated carbocycles. The molecule has 4 nitrogen and oxygen atoms in total. The molecule has 20 heavy (non-hydrogen) atoms. The summed E-state index contributed by atoms with van der Waals surface area (Å²) in [7, 11) is 0. The fourth-order valence-corrected chi connectivity index (χ4v) is 5.43. The fourth-order valence-electron chi connectivity index (χ4n) is 5.43. The molecule has 1 aromatic rings. The summed E-state index contributed by atoms with van der Waals surface area (Å²) in [6.45, 7) is 1.57. The average Bonchev–Trinajstić information content (AvgIpc) is 2.87. The zero-order valence-corrected chi connectivity index (χ0v) is 11.9. The minimum Gasteiger partial charge on any atom is -0.370 e. The van der Waals surface area contributed by atoms with Crippen molar-refractivity contribution in [2.24, 2.45) is 17.8 Å². The Labute approximate surface area is 119 Å². The van der Waals surface area contributed by atoms with Gasteiger partial charge in [-0.25, -0.2) is 0 Å². The summed E-state index contributed by atoms with van der Waals surface area (Å²) >= 11 is 0. The molecule has 0 saturated heterocycles. The first-order valence-electron chi connectivity index (χ1n) is 7.71. The van der Waals surface area contributed by atoms with Crippen molar-refractivity contribution in [1.82, 2.24) is 9.78 Å². The molecular weight excluding hydrogens is 250 g/mol. The van der Waals surface area contributed by atoms with Gasteiger partial charge in [0.1, 0.15) is 6.07 Å². The van der Waals surface area contributed by atoms with Crippen LogP contribution >= 0.6 is 0 Å². The van der Waals surface area contributed by atoms with Crippen LogP contribution in [0.15, 0.2) is 12.3 Å². The molecule has 0 aliphatic heterocycles. The second-order valence-corrected chi connectivity index (χ2v) is 7.45. The summed E-state index contributed by atoms with van der Waals surface area (Å²) in [5.74, 6) is 2.47. The van der Waals surface area contributed by atoms with Crippen molar-refractivity contribution in [3.8, 4) is 6.07 Å². The van der Waals surface area contributed by atoms with E-state index < -0.39 is 5.60 Å². The molecule has 4 fully saturated rings. The zero-order chi connectivity index (χ0) is 14.0.